The maximum Gasteiger partial charge on any atom is 0.433 e. The number of nitrogens with zero attached hydrogens (tertiary/aromatic N) is 4. The van der Waals surface area contributed by atoms with Gasteiger partial charge in [0.05, 0.1) is 31.6 Å². The van der Waals surface area contributed by atoms with Gasteiger partial charge in [0.2, 0.25) is 5.88 Å². The Morgan fingerprint density at radius 2 is 1.90 bits per heavy atom. The summed E-state index contributed by atoms with van der Waals surface area (Å²) in [6, 6.07) is 1.82. The third-order valence-electron chi connectivity index (χ3n) is 6.48. The van der Waals surface area contributed by atoms with Crippen LogP contribution < -0.4 is 21.5 Å². The summed E-state index contributed by atoms with van der Waals surface area (Å²) in [5, 5.41) is 6.80. The van der Waals surface area contributed by atoms with E-state index in [0.29, 0.717) is 29.0 Å². The van der Waals surface area contributed by atoms with E-state index in [1.807, 2.05) is 13.8 Å². The van der Waals surface area contributed by atoms with Gasteiger partial charge in [-0.05, 0) is 81.7 Å². The lowest BCUT2D eigenvalue weighted by molar-refractivity contribution is -0.141. The number of alkyl halides is 3. The molecule has 2 aromatic rings. The first kappa shape index (κ1) is 30.6. The van der Waals surface area contributed by atoms with Crippen LogP contribution in [0.3, 0.4) is 0 Å². The lowest BCUT2D eigenvalue weighted by Crippen LogP contribution is -2.45. The number of aldehydes is 1. The number of anilines is 1. The minimum absolute atomic E-state index is 0.000655. The first-order valence-corrected chi connectivity index (χ1v) is 13.1. The SMILES string of the molecule is CC(C)N=C(/C=C\N)C(=O)NC(C=O)C(C1CC1)C1CC1.COc1nc(C(F)(F)F)ccc1Cn1cc(N)cn1. The van der Waals surface area contributed by atoms with E-state index >= 15 is 0 Å². The van der Waals surface area contributed by atoms with E-state index in [0.717, 1.165) is 12.4 Å². The van der Waals surface area contributed by atoms with Gasteiger partial charge in [0.25, 0.3) is 5.91 Å². The van der Waals surface area contributed by atoms with E-state index in [9.17, 15) is 22.8 Å². The van der Waals surface area contributed by atoms with E-state index in [-0.39, 0.29) is 30.1 Å². The largest absolute Gasteiger partial charge is 0.481 e. The number of nitrogens with two attached hydrogens (primary N) is 2. The first-order valence-electron chi connectivity index (χ1n) is 13.1. The van der Waals surface area contributed by atoms with Gasteiger partial charge in [0, 0.05) is 17.8 Å². The number of aromatic nitrogens is 3. The third-order valence-corrected chi connectivity index (χ3v) is 6.48. The molecule has 2 heterocycles. The van der Waals surface area contributed by atoms with Crippen LogP contribution in [0.15, 0.2) is 41.8 Å². The molecule has 2 saturated carbocycles. The summed E-state index contributed by atoms with van der Waals surface area (Å²) in [4.78, 5) is 31.5. The summed E-state index contributed by atoms with van der Waals surface area (Å²) in [5.41, 5.74) is 11.1. The van der Waals surface area contributed by atoms with E-state index < -0.39 is 17.9 Å². The molecule has 13 heteroatoms. The Kier molecular flexibility index (Phi) is 10.3. The highest BCUT2D eigenvalue weighted by Crippen LogP contribution is 2.50. The second-order valence-electron chi connectivity index (χ2n) is 10.2. The monoisotopic (exact) mass is 563 g/mol. The summed E-state index contributed by atoms with van der Waals surface area (Å²) in [5.74, 6) is 1.11. The zero-order chi connectivity index (χ0) is 29.4. The molecule has 1 atom stereocenters. The summed E-state index contributed by atoms with van der Waals surface area (Å²) in [6.07, 6.45) is 6.90. The van der Waals surface area contributed by atoms with Crippen molar-refractivity contribution in [3.63, 3.8) is 0 Å². The molecule has 10 nitrogen and oxygen atoms in total. The highest BCUT2D eigenvalue weighted by atomic mass is 19.4. The Labute approximate surface area is 231 Å². The van der Waals surface area contributed by atoms with Crippen LogP contribution in [-0.4, -0.2) is 51.9 Å². The standard InChI is InChI=1S/C16H25N3O2.C11H11F3N4O/c1-10(2)18-13(7-8-17)16(21)19-14(9-20)15(11-3-4-11)12-5-6-12;1-19-10-7(5-18-6-8(15)4-16-18)2-3-9(17-10)11(12,13)14/h7-12,14-15H,3-6,17H2,1-2H3,(H,19,21);2-4,6H,5,15H2,1H3/b8-7-,18-13?;. The van der Waals surface area contributed by atoms with E-state index in [4.69, 9.17) is 16.2 Å². The smallest absolute Gasteiger partial charge is 0.433 e. The van der Waals surface area contributed by atoms with Crippen LogP contribution >= 0.6 is 0 Å². The summed E-state index contributed by atoms with van der Waals surface area (Å²) in [6.45, 7) is 4.02. The number of nitrogen functional groups attached to an aromatic ring is 1. The lowest BCUT2D eigenvalue weighted by atomic mass is 9.90. The van der Waals surface area contributed by atoms with Crippen molar-refractivity contribution in [1.29, 1.82) is 0 Å². The Hall–Kier alpha value is -3.90. The zero-order valence-electron chi connectivity index (χ0n) is 22.8. The van der Waals surface area contributed by atoms with Crippen LogP contribution in [0.4, 0.5) is 18.9 Å². The van der Waals surface area contributed by atoms with Crippen molar-refractivity contribution in [2.75, 3.05) is 12.8 Å². The number of rotatable bonds is 11. The molecular weight excluding hydrogens is 527 g/mol. The molecule has 1 amide bonds. The maximum atomic E-state index is 12.5. The molecule has 0 saturated heterocycles. The quantitative estimate of drug-likeness (QED) is 0.280. The average molecular weight is 564 g/mol. The van der Waals surface area contributed by atoms with Gasteiger partial charge in [-0.15, -0.1) is 0 Å². The summed E-state index contributed by atoms with van der Waals surface area (Å²) >= 11 is 0. The molecule has 0 radical (unpaired) electrons. The first-order chi connectivity index (χ1) is 19.0. The minimum atomic E-state index is -4.50. The molecule has 0 aliphatic heterocycles. The van der Waals surface area contributed by atoms with Gasteiger partial charge in [-0.1, -0.05) is 0 Å². The number of amides is 1. The Bertz CT molecular complexity index is 1210. The molecule has 2 aliphatic rings. The number of methoxy groups -OCH3 is 1. The molecule has 2 aromatic heterocycles. The van der Waals surface area contributed by atoms with Crippen molar-refractivity contribution in [3.05, 3.63) is 48.1 Å². The minimum Gasteiger partial charge on any atom is -0.481 e. The predicted molar refractivity (Wildman–Crippen MR) is 144 cm³/mol. The summed E-state index contributed by atoms with van der Waals surface area (Å²) in [7, 11) is 1.27. The molecule has 0 spiro atoms. The molecule has 4 rings (SSSR count). The van der Waals surface area contributed by atoms with Gasteiger partial charge in [-0.2, -0.15) is 18.3 Å². The number of carbonyl (C=O) groups is 2. The molecule has 5 N–H and O–H groups in total. The van der Waals surface area contributed by atoms with Crippen LogP contribution in [0.1, 0.15) is 50.8 Å². The van der Waals surface area contributed by atoms with Gasteiger partial charge in [0.15, 0.2) is 0 Å². The number of carbonyl (C=O) groups excluding carboxylic acids is 2. The van der Waals surface area contributed by atoms with E-state index in [1.165, 1.54) is 62.0 Å². The fourth-order valence-corrected chi connectivity index (χ4v) is 4.49. The summed E-state index contributed by atoms with van der Waals surface area (Å²) < 4.78 is 43.9. The van der Waals surface area contributed by atoms with Gasteiger partial charge in [0.1, 0.15) is 17.7 Å². The molecule has 40 heavy (non-hydrogen) atoms. The number of hydrogen-bond donors (Lipinski definition) is 3. The number of aliphatic imine (C=N–C) groups is 1. The Balaban J connectivity index is 0.000000222. The second kappa shape index (κ2) is 13.4. The number of hydrogen-bond acceptors (Lipinski definition) is 8. The van der Waals surface area contributed by atoms with Crippen LogP contribution in [-0.2, 0) is 22.3 Å². The van der Waals surface area contributed by atoms with Crippen LogP contribution in [0.5, 0.6) is 5.88 Å². The van der Waals surface area contributed by atoms with Crippen LogP contribution in [0.25, 0.3) is 0 Å². The molecule has 2 aliphatic carbocycles. The molecule has 0 aromatic carbocycles. The predicted octanol–water partition coefficient (Wildman–Crippen LogP) is 3.36. The second-order valence-corrected chi connectivity index (χ2v) is 10.2. The van der Waals surface area contributed by atoms with E-state index in [2.05, 4.69) is 20.4 Å². The van der Waals surface area contributed by atoms with Gasteiger partial charge in [-0.3, -0.25) is 14.5 Å². The molecule has 2 fully saturated rings. The van der Waals surface area contributed by atoms with Crippen LogP contribution in [0.2, 0.25) is 0 Å². The highest BCUT2D eigenvalue weighted by Gasteiger charge is 2.46. The highest BCUT2D eigenvalue weighted by molar-refractivity contribution is 6.43. The van der Waals surface area contributed by atoms with Crippen molar-refractivity contribution < 1.29 is 27.5 Å². The third kappa shape index (κ3) is 8.82. The van der Waals surface area contributed by atoms with Gasteiger partial charge >= 0.3 is 6.18 Å². The van der Waals surface area contributed by atoms with Gasteiger partial charge < -0.3 is 26.3 Å². The average Bonchev–Trinajstić information content (AvgIpc) is 3.83. The molecule has 0 bridgehead atoms. The van der Waals surface area contributed by atoms with Crippen molar-refractivity contribution >= 4 is 23.6 Å². The molecular formula is C27H36F3N7O3. The number of pyridine rings is 1. The molecule has 218 valence electrons. The van der Waals surface area contributed by atoms with Crippen molar-refractivity contribution in [2.45, 2.75) is 64.3 Å². The fourth-order valence-electron chi connectivity index (χ4n) is 4.49. The number of nitrogens with one attached hydrogen (secondary N) is 1. The maximum absolute atomic E-state index is 12.5. The Morgan fingerprint density at radius 3 is 2.35 bits per heavy atom. The van der Waals surface area contributed by atoms with E-state index in [1.54, 1.807) is 6.20 Å². The fraction of sp³-hybridized carbons (Fsp3) is 0.519. The van der Waals surface area contributed by atoms with Crippen LogP contribution in [0, 0.1) is 17.8 Å². The molecule has 1 unspecified atom stereocenters. The number of ether oxygens (including phenoxy) is 1. The van der Waals surface area contributed by atoms with Crippen molar-refractivity contribution in [1.82, 2.24) is 20.1 Å². The normalized spacial score (nSPS) is 16.6. The lowest BCUT2D eigenvalue weighted by Gasteiger charge is -2.23. The van der Waals surface area contributed by atoms with Crippen molar-refractivity contribution in [2.24, 2.45) is 28.5 Å². The topological polar surface area (TPSA) is 151 Å². The van der Waals surface area contributed by atoms with Gasteiger partial charge in [-0.25, -0.2) is 4.98 Å². The Morgan fingerprint density at radius 1 is 1.25 bits per heavy atom. The number of halogens is 3. The van der Waals surface area contributed by atoms with Crippen molar-refractivity contribution in [3.8, 4) is 5.88 Å². The zero-order valence-corrected chi connectivity index (χ0v) is 22.8.